The number of benzene rings is 1. The van der Waals surface area contributed by atoms with Gasteiger partial charge in [-0.1, -0.05) is 0 Å². The van der Waals surface area contributed by atoms with Gasteiger partial charge in [-0.15, -0.1) is 0 Å². The smallest absolute Gasteiger partial charge is 0.326 e. The molecule has 0 aliphatic carbocycles. The van der Waals surface area contributed by atoms with E-state index >= 15 is 0 Å². The number of carboxylic acid groups (broad SMARTS) is 1. The number of hydrogen-bond donors (Lipinski definition) is 6. The van der Waals surface area contributed by atoms with Gasteiger partial charge in [0, 0.05) is 37.5 Å². The van der Waals surface area contributed by atoms with E-state index in [-0.39, 0.29) is 24.2 Å². The number of nitrogens with two attached hydrogens (primary N) is 1. The third-order valence-electron chi connectivity index (χ3n) is 5.28. The number of hydrogen-bond acceptors (Lipinski definition) is 8. The number of carbonyl (C=O) groups excluding carboxylic acids is 3. The Hall–Kier alpha value is -4.22. The van der Waals surface area contributed by atoms with Gasteiger partial charge in [0.15, 0.2) is 0 Å². The lowest BCUT2D eigenvalue weighted by Crippen LogP contribution is -2.47. The summed E-state index contributed by atoms with van der Waals surface area (Å²) in [6.45, 7) is 2.21. The van der Waals surface area contributed by atoms with Crippen LogP contribution >= 0.6 is 0 Å². The van der Waals surface area contributed by atoms with Crippen molar-refractivity contribution in [1.29, 1.82) is 0 Å². The van der Waals surface area contributed by atoms with Crippen molar-refractivity contribution in [3.05, 3.63) is 41.6 Å². The fourth-order valence-electron chi connectivity index (χ4n) is 3.52. The molecule has 12 heteroatoms. The molecule has 1 aromatic rings. The highest BCUT2D eigenvalue weighted by Gasteiger charge is 2.35. The van der Waals surface area contributed by atoms with Crippen molar-refractivity contribution >= 4 is 41.2 Å². The summed E-state index contributed by atoms with van der Waals surface area (Å²) in [6, 6.07) is 5.51. The molecule has 0 fully saturated rings. The molecule has 3 rings (SSSR count). The number of aliphatic imine (C=N–C) groups is 2. The Bertz CT molecular complexity index is 1060. The van der Waals surface area contributed by atoms with Crippen LogP contribution in [0.5, 0.6) is 0 Å². The number of carbonyl (C=O) groups is 4. The van der Waals surface area contributed by atoms with Gasteiger partial charge in [-0.2, -0.15) is 4.99 Å². The molecule has 2 atom stereocenters. The molecule has 34 heavy (non-hydrogen) atoms. The molecule has 2 heterocycles. The van der Waals surface area contributed by atoms with Crippen molar-refractivity contribution in [3.8, 4) is 0 Å². The number of amidine groups is 1. The second-order valence-corrected chi connectivity index (χ2v) is 7.88. The molecule has 2 aliphatic rings. The lowest BCUT2D eigenvalue weighted by atomic mass is 9.98. The van der Waals surface area contributed by atoms with E-state index in [4.69, 9.17) is 5.73 Å². The first-order valence-electron chi connectivity index (χ1n) is 10.8. The molecular weight excluding hydrogens is 442 g/mol. The Morgan fingerprint density at radius 1 is 1.21 bits per heavy atom. The second-order valence-electron chi connectivity index (χ2n) is 7.88. The molecule has 0 radical (unpaired) electrons. The third kappa shape index (κ3) is 6.40. The first kappa shape index (κ1) is 24.4. The molecule has 0 aromatic heterocycles. The normalized spacial score (nSPS) is 17.4. The predicted octanol–water partition coefficient (Wildman–Crippen LogP) is -0.0554. The SMILES string of the molecule is CC(=O)NCCCC[C@H](NC(=O)c1ccc(NCC2=CN=C3N=C(N)NC(=O)C23)cc1)C(=O)O. The van der Waals surface area contributed by atoms with Crippen LogP contribution in [-0.4, -0.2) is 59.7 Å². The van der Waals surface area contributed by atoms with E-state index in [0.29, 0.717) is 43.0 Å². The molecule has 0 saturated heterocycles. The topological polar surface area (TPSA) is 187 Å². The maximum absolute atomic E-state index is 12.5. The van der Waals surface area contributed by atoms with E-state index < -0.39 is 23.8 Å². The lowest BCUT2D eigenvalue weighted by Gasteiger charge is -2.20. The molecule has 7 N–H and O–H groups in total. The zero-order chi connectivity index (χ0) is 24.7. The molecule has 0 spiro atoms. The van der Waals surface area contributed by atoms with Crippen LogP contribution < -0.4 is 27.0 Å². The Kier molecular flexibility index (Phi) is 7.96. The zero-order valence-corrected chi connectivity index (χ0v) is 18.6. The summed E-state index contributed by atoms with van der Waals surface area (Å²) >= 11 is 0. The van der Waals surface area contributed by atoms with Crippen LogP contribution in [0.4, 0.5) is 5.69 Å². The highest BCUT2D eigenvalue weighted by atomic mass is 16.4. The molecule has 12 nitrogen and oxygen atoms in total. The van der Waals surface area contributed by atoms with Crippen molar-refractivity contribution in [2.75, 3.05) is 18.4 Å². The van der Waals surface area contributed by atoms with Crippen molar-refractivity contribution in [1.82, 2.24) is 16.0 Å². The van der Waals surface area contributed by atoms with Crippen LogP contribution in [0.2, 0.25) is 0 Å². The number of amides is 3. The monoisotopic (exact) mass is 469 g/mol. The average molecular weight is 470 g/mol. The number of nitrogens with zero attached hydrogens (tertiary/aromatic N) is 2. The standard InChI is InChI=1S/C22H27N7O5/c1-12(30)24-9-3-2-4-16(21(33)34)27-19(31)13-5-7-15(8-6-13)25-10-14-11-26-18-17(14)20(32)29-22(23)28-18/h5-8,11,16-17,25H,2-4,9-10H2,1H3,(H,24,30)(H,27,31)(H,33,34)(H3,23,26,28,29,32)/t16-,17?/m0/s1. The molecule has 180 valence electrons. The molecule has 0 saturated carbocycles. The van der Waals surface area contributed by atoms with Gasteiger partial charge in [0.2, 0.25) is 17.8 Å². The maximum atomic E-state index is 12.5. The summed E-state index contributed by atoms with van der Waals surface area (Å²) in [5, 5.41) is 20.2. The Morgan fingerprint density at radius 3 is 2.62 bits per heavy atom. The van der Waals surface area contributed by atoms with Gasteiger partial charge in [-0.3, -0.25) is 19.7 Å². The van der Waals surface area contributed by atoms with E-state index in [1.54, 1.807) is 30.5 Å². The van der Waals surface area contributed by atoms with Gasteiger partial charge in [0.05, 0.1) is 0 Å². The van der Waals surface area contributed by atoms with E-state index in [2.05, 4.69) is 31.3 Å². The Morgan fingerprint density at radius 2 is 1.94 bits per heavy atom. The number of anilines is 1. The van der Waals surface area contributed by atoms with Gasteiger partial charge in [-0.25, -0.2) is 9.79 Å². The van der Waals surface area contributed by atoms with Crippen LogP contribution in [0.15, 0.2) is 46.0 Å². The zero-order valence-electron chi connectivity index (χ0n) is 18.6. The molecule has 2 aliphatic heterocycles. The minimum atomic E-state index is -1.12. The second kappa shape index (κ2) is 11.1. The van der Waals surface area contributed by atoms with Gasteiger partial charge in [-0.05, 0) is 49.1 Å². The van der Waals surface area contributed by atoms with E-state index in [1.165, 1.54) is 6.92 Å². The van der Waals surface area contributed by atoms with Crippen molar-refractivity contribution in [2.24, 2.45) is 21.6 Å². The lowest BCUT2D eigenvalue weighted by molar-refractivity contribution is -0.139. The van der Waals surface area contributed by atoms with Gasteiger partial charge >= 0.3 is 5.97 Å². The van der Waals surface area contributed by atoms with Crippen molar-refractivity contribution in [2.45, 2.75) is 32.2 Å². The van der Waals surface area contributed by atoms with Gasteiger partial charge in [0.25, 0.3) is 5.91 Å². The summed E-state index contributed by atoms with van der Waals surface area (Å²) in [6.07, 6.45) is 2.99. The van der Waals surface area contributed by atoms with E-state index in [9.17, 15) is 24.3 Å². The van der Waals surface area contributed by atoms with Crippen LogP contribution in [0.25, 0.3) is 0 Å². The molecule has 1 unspecified atom stereocenters. The molecule has 0 bridgehead atoms. The van der Waals surface area contributed by atoms with Gasteiger partial charge in [0.1, 0.15) is 17.8 Å². The summed E-state index contributed by atoms with van der Waals surface area (Å²) in [5.74, 6) is -2.25. The first-order valence-corrected chi connectivity index (χ1v) is 10.8. The van der Waals surface area contributed by atoms with Crippen LogP contribution in [0.3, 0.4) is 0 Å². The highest BCUT2D eigenvalue weighted by Crippen LogP contribution is 2.24. The fraction of sp³-hybridized carbons (Fsp3) is 0.364. The van der Waals surface area contributed by atoms with Crippen LogP contribution in [0, 0.1) is 5.92 Å². The largest absolute Gasteiger partial charge is 0.480 e. The van der Waals surface area contributed by atoms with Crippen molar-refractivity contribution < 1.29 is 24.3 Å². The molecular formula is C22H27N7O5. The minimum Gasteiger partial charge on any atom is -0.480 e. The van der Waals surface area contributed by atoms with Crippen molar-refractivity contribution in [3.63, 3.8) is 0 Å². The van der Waals surface area contributed by atoms with E-state index in [1.807, 2.05) is 0 Å². The summed E-state index contributed by atoms with van der Waals surface area (Å²) in [7, 11) is 0. The predicted molar refractivity (Wildman–Crippen MR) is 125 cm³/mol. The summed E-state index contributed by atoms with van der Waals surface area (Å²) in [5.41, 5.74) is 7.30. The first-order chi connectivity index (χ1) is 16.2. The summed E-state index contributed by atoms with van der Waals surface area (Å²) < 4.78 is 0. The Balaban J connectivity index is 1.48. The van der Waals surface area contributed by atoms with E-state index in [0.717, 1.165) is 5.57 Å². The number of fused-ring (bicyclic) bond motifs is 1. The highest BCUT2D eigenvalue weighted by molar-refractivity contribution is 6.19. The van der Waals surface area contributed by atoms with Crippen LogP contribution in [-0.2, 0) is 14.4 Å². The third-order valence-corrected chi connectivity index (χ3v) is 5.28. The van der Waals surface area contributed by atoms with Gasteiger partial charge < -0.3 is 26.8 Å². The quantitative estimate of drug-likeness (QED) is 0.245. The minimum absolute atomic E-state index is 0.0200. The number of unbranched alkanes of at least 4 members (excludes halogenated alkanes) is 1. The fourth-order valence-corrected chi connectivity index (χ4v) is 3.52. The average Bonchev–Trinajstić information content (AvgIpc) is 3.19. The number of guanidine groups is 1. The number of rotatable bonds is 11. The summed E-state index contributed by atoms with van der Waals surface area (Å²) in [4.78, 5) is 55.2. The number of aliphatic carboxylic acids is 1. The number of nitrogens with one attached hydrogen (secondary N) is 4. The number of carboxylic acids is 1. The van der Waals surface area contributed by atoms with Crippen LogP contribution in [0.1, 0.15) is 36.5 Å². The molecule has 3 amide bonds. The maximum Gasteiger partial charge on any atom is 0.326 e. The Labute approximate surface area is 195 Å². The molecule has 1 aromatic carbocycles.